The summed E-state index contributed by atoms with van der Waals surface area (Å²) in [5.41, 5.74) is 0. The van der Waals surface area contributed by atoms with Crippen molar-refractivity contribution < 1.29 is 80.2 Å². The summed E-state index contributed by atoms with van der Waals surface area (Å²) in [5.74, 6) is -0.583. The van der Waals surface area contributed by atoms with Crippen molar-refractivity contribution >= 4 is 39.5 Å². The van der Waals surface area contributed by atoms with Crippen molar-refractivity contribution in [1.29, 1.82) is 0 Å². The molecule has 0 spiro atoms. The van der Waals surface area contributed by atoms with Crippen LogP contribution in [-0.2, 0) is 65.4 Å². The zero-order valence-electron chi connectivity index (χ0n) is 62.7. The van der Waals surface area contributed by atoms with Crippen LogP contribution in [0.25, 0.3) is 0 Å². The number of carbonyl (C=O) groups excluding carboxylic acids is 4. The molecule has 0 bridgehead atoms. The van der Waals surface area contributed by atoms with E-state index in [1.807, 2.05) is 0 Å². The van der Waals surface area contributed by atoms with Gasteiger partial charge in [0.15, 0.2) is 12.2 Å². The highest BCUT2D eigenvalue weighted by atomic mass is 31.2. The first kappa shape index (κ1) is 94.1. The predicted octanol–water partition coefficient (Wildman–Crippen LogP) is 22.7. The van der Waals surface area contributed by atoms with E-state index >= 15 is 0 Å². The van der Waals surface area contributed by atoms with Crippen LogP contribution < -0.4 is 0 Å². The molecular weight excluding hydrogens is 1260 g/mol. The molecule has 0 heterocycles. The molecule has 0 aliphatic rings. The maximum absolute atomic E-state index is 13.1. The number of aliphatic hydroxyl groups excluding tert-OH is 1. The third-order valence-corrected chi connectivity index (χ3v) is 20.2. The number of aliphatic hydroxyl groups is 1. The summed E-state index contributed by atoms with van der Waals surface area (Å²) < 4.78 is 68.6. The molecule has 0 amide bonds. The first-order valence-electron chi connectivity index (χ1n) is 40.0. The average molecular weight is 1410 g/mol. The van der Waals surface area contributed by atoms with Gasteiger partial charge in [0, 0.05) is 25.7 Å². The van der Waals surface area contributed by atoms with Gasteiger partial charge in [0.05, 0.1) is 26.4 Å². The van der Waals surface area contributed by atoms with E-state index in [4.69, 9.17) is 37.0 Å². The second-order valence-corrected chi connectivity index (χ2v) is 31.4. The molecule has 0 rings (SSSR count). The lowest BCUT2D eigenvalue weighted by molar-refractivity contribution is -0.161. The van der Waals surface area contributed by atoms with E-state index in [0.29, 0.717) is 25.7 Å². The number of carbonyl (C=O) groups is 4. The van der Waals surface area contributed by atoms with Gasteiger partial charge < -0.3 is 33.8 Å². The second-order valence-electron chi connectivity index (χ2n) is 28.5. The number of hydrogen-bond acceptors (Lipinski definition) is 15. The van der Waals surface area contributed by atoms with E-state index in [1.54, 1.807) is 0 Å². The molecule has 570 valence electrons. The number of rotatable bonds is 76. The Bertz CT molecular complexity index is 1860. The highest BCUT2D eigenvalue weighted by molar-refractivity contribution is 7.47. The highest BCUT2D eigenvalue weighted by Gasteiger charge is 2.30. The molecule has 19 heteroatoms. The number of ether oxygens (including phenoxy) is 4. The van der Waals surface area contributed by atoms with Gasteiger partial charge in [-0.05, 0) is 37.5 Å². The van der Waals surface area contributed by atoms with E-state index in [1.165, 1.54) is 218 Å². The van der Waals surface area contributed by atoms with Gasteiger partial charge in [-0.15, -0.1) is 0 Å². The third-order valence-electron chi connectivity index (χ3n) is 18.3. The molecule has 0 saturated carbocycles. The quantitative estimate of drug-likeness (QED) is 0.0222. The van der Waals surface area contributed by atoms with Crippen LogP contribution in [0.15, 0.2) is 0 Å². The summed E-state index contributed by atoms with van der Waals surface area (Å²) in [6.45, 7) is 9.60. The largest absolute Gasteiger partial charge is 0.472 e. The van der Waals surface area contributed by atoms with Gasteiger partial charge >= 0.3 is 39.5 Å². The fourth-order valence-corrected chi connectivity index (χ4v) is 13.4. The molecule has 0 aromatic heterocycles. The maximum Gasteiger partial charge on any atom is 0.472 e. The Morgan fingerprint density at radius 1 is 0.302 bits per heavy atom. The normalized spacial score (nSPS) is 14.3. The zero-order chi connectivity index (χ0) is 70.7. The molecule has 3 unspecified atom stereocenters. The van der Waals surface area contributed by atoms with Crippen molar-refractivity contribution in [2.75, 3.05) is 39.6 Å². The minimum absolute atomic E-state index is 0.106. The molecular formula is C77H150O17P2. The first-order valence-corrected chi connectivity index (χ1v) is 43.0. The van der Waals surface area contributed by atoms with Crippen molar-refractivity contribution in [3.63, 3.8) is 0 Å². The summed E-state index contributed by atoms with van der Waals surface area (Å²) >= 11 is 0. The van der Waals surface area contributed by atoms with Crippen LogP contribution in [0.1, 0.15) is 401 Å². The summed E-state index contributed by atoms with van der Waals surface area (Å²) in [5, 5.41) is 10.6. The van der Waals surface area contributed by atoms with Crippen LogP contribution in [0.4, 0.5) is 0 Å². The number of hydrogen-bond donors (Lipinski definition) is 3. The maximum atomic E-state index is 13.1. The van der Waals surface area contributed by atoms with Crippen LogP contribution >= 0.6 is 15.6 Å². The monoisotopic (exact) mass is 1410 g/mol. The lowest BCUT2D eigenvalue weighted by atomic mass is 9.99. The van der Waals surface area contributed by atoms with Crippen molar-refractivity contribution in [2.45, 2.75) is 419 Å². The van der Waals surface area contributed by atoms with Crippen LogP contribution in [0, 0.1) is 11.8 Å². The van der Waals surface area contributed by atoms with Gasteiger partial charge in [-0.1, -0.05) is 350 Å². The van der Waals surface area contributed by atoms with Gasteiger partial charge in [-0.25, -0.2) is 9.13 Å². The number of phosphoric acid groups is 2. The molecule has 17 nitrogen and oxygen atoms in total. The van der Waals surface area contributed by atoms with Crippen LogP contribution in [0.5, 0.6) is 0 Å². The Morgan fingerprint density at radius 3 is 0.792 bits per heavy atom. The Morgan fingerprint density at radius 2 is 0.531 bits per heavy atom. The molecule has 0 saturated heterocycles. The molecule has 0 aliphatic heterocycles. The van der Waals surface area contributed by atoms with Gasteiger partial charge in [0.2, 0.25) is 0 Å². The topological polar surface area (TPSA) is 237 Å². The van der Waals surface area contributed by atoms with E-state index in [-0.39, 0.29) is 25.7 Å². The first-order chi connectivity index (χ1) is 46.4. The summed E-state index contributed by atoms with van der Waals surface area (Å²) in [4.78, 5) is 72.9. The molecule has 0 aliphatic carbocycles. The van der Waals surface area contributed by atoms with E-state index in [0.717, 1.165) is 102 Å². The van der Waals surface area contributed by atoms with Gasteiger partial charge in [-0.2, -0.15) is 0 Å². The van der Waals surface area contributed by atoms with Crippen molar-refractivity contribution in [2.24, 2.45) is 11.8 Å². The third kappa shape index (κ3) is 69.2. The molecule has 96 heavy (non-hydrogen) atoms. The summed E-state index contributed by atoms with van der Waals surface area (Å²) in [6.07, 6.45) is 56.7. The lowest BCUT2D eigenvalue weighted by Crippen LogP contribution is -2.30. The second kappa shape index (κ2) is 68.8. The summed E-state index contributed by atoms with van der Waals surface area (Å²) in [7, 11) is -9.91. The van der Waals surface area contributed by atoms with Crippen molar-refractivity contribution in [3.8, 4) is 0 Å². The van der Waals surface area contributed by atoms with Crippen LogP contribution in [0.2, 0.25) is 0 Å². The Hall–Kier alpha value is -1.94. The molecule has 3 N–H and O–H groups in total. The van der Waals surface area contributed by atoms with E-state index in [9.17, 15) is 43.2 Å². The Kier molecular flexibility index (Phi) is 67.4. The number of unbranched alkanes of at least 4 members (excludes halogenated alkanes) is 45. The SMILES string of the molecule is CCCCCCCCCCCCCCCCCCCC(=O)O[C@H](COC(=O)CCCCCCCCCCCCCCCC)COP(=O)(O)OC[C@@H](O)COP(=O)(O)OC[C@@H](COC(=O)CCCCCCCCCCC(C)CC)OC(=O)CCCCCCCCCCCCC(C)C. The minimum Gasteiger partial charge on any atom is -0.462 e. The summed E-state index contributed by atoms with van der Waals surface area (Å²) in [6, 6.07) is 0. The van der Waals surface area contributed by atoms with Crippen LogP contribution in [0.3, 0.4) is 0 Å². The zero-order valence-corrected chi connectivity index (χ0v) is 64.5. The lowest BCUT2D eigenvalue weighted by Gasteiger charge is -2.21. The molecule has 0 aromatic carbocycles. The average Bonchev–Trinajstić information content (AvgIpc) is 1.17. The Balaban J connectivity index is 5.26. The van der Waals surface area contributed by atoms with Crippen LogP contribution in [-0.4, -0.2) is 96.7 Å². The fraction of sp³-hybridized carbons (Fsp3) is 0.948. The molecule has 0 fully saturated rings. The smallest absolute Gasteiger partial charge is 0.462 e. The van der Waals surface area contributed by atoms with Crippen molar-refractivity contribution in [3.05, 3.63) is 0 Å². The van der Waals surface area contributed by atoms with E-state index < -0.39 is 97.5 Å². The minimum atomic E-state index is -4.96. The Labute approximate surface area is 588 Å². The molecule has 0 radical (unpaired) electrons. The van der Waals surface area contributed by atoms with Gasteiger partial charge in [0.25, 0.3) is 0 Å². The molecule has 0 aromatic rings. The van der Waals surface area contributed by atoms with Gasteiger partial charge in [-0.3, -0.25) is 37.3 Å². The fourth-order valence-electron chi connectivity index (χ4n) is 11.8. The highest BCUT2D eigenvalue weighted by Crippen LogP contribution is 2.45. The molecule has 6 atom stereocenters. The van der Waals surface area contributed by atoms with Gasteiger partial charge in [0.1, 0.15) is 19.3 Å². The van der Waals surface area contributed by atoms with Crippen molar-refractivity contribution in [1.82, 2.24) is 0 Å². The predicted molar refractivity (Wildman–Crippen MR) is 391 cm³/mol. The van der Waals surface area contributed by atoms with E-state index in [2.05, 4.69) is 41.5 Å². The number of esters is 4. The standard InChI is InChI=1S/C77H150O17P2/c1-7-10-12-14-16-18-20-22-24-25-26-28-30-35-43-49-55-61-76(81)93-72(65-87-74(79)59-53-47-41-34-29-27-23-21-19-17-15-13-11-8-2)67-91-95(83,84)89-63-71(78)64-90-96(85,86)92-68-73(66-88-75(80)60-54-48-42-38-37-40-46-52-58-70(6)9-3)94-77(82)62-56-50-44-36-32-31-33-39-45-51-57-69(4)5/h69-73,78H,7-68H2,1-6H3,(H,83,84)(H,85,86)/t70?,71-,72-,73-/m1/s1. The number of phosphoric ester groups is 2.